The van der Waals surface area contributed by atoms with Crippen LogP contribution in [0.5, 0.6) is 0 Å². The van der Waals surface area contributed by atoms with Crippen LogP contribution in [0.2, 0.25) is 0 Å². The monoisotopic (exact) mass is 1990 g/mol. The fourth-order valence-corrected chi connectivity index (χ4v) is 17.3. The van der Waals surface area contributed by atoms with Gasteiger partial charge >= 0.3 is 11.9 Å². The highest BCUT2D eigenvalue weighted by Crippen LogP contribution is 2.44. The predicted octanol–water partition coefficient (Wildman–Crippen LogP) is -22.0. The van der Waals surface area contributed by atoms with E-state index in [0.29, 0.717) is 0 Å². The summed E-state index contributed by atoms with van der Waals surface area (Å²) < 4.78 is 107. The number of nitrogens with one attached hydrogen (secondary N) is 5. The first-order valence-electron chi connectivity index (χ1n) is 43.0. The molecule has 0 bridgehead atoms. The molecule has 0 aliphatic carbocycles. The van der Waals surface area contributed by atoms with Gasteiger partial charge in [-0.3, -0.25) is 24.0 Å². The Morgan fingerprint density at radius 1 is 0.346 bits per heavy atom. The summed E-state index contributed by atoms with van der Waals surface area (Å²) in [4.78, 5) is 91.6. The third-order valence-electron chi connectivity index (χ3n) is 24.4. The van der Waals surface area contributed by atoms with Crippen molar-refractivity contribution in [3.63, 3.8) is 0 Å². The summed E-state index contributed by atoms with van der Waals surface area (Å²) >= 11 is 0. The van der Waals surface area contributed by atoms with Gasteiger partial charge in [-0.05, 0) is 13.8 Å². The van der Waals surface area contributed by atoms with Crippen LogP contribution in [-0.2, 0) is 119 Å². The normalized spacial score (nSPS) is 44.2. The van der Waals surface area contributed by atoms with Crippen molar-refractivity contribution >= 4 is 41.5 Å². The van der Waals surface area contributed by atoms with Gasteiger partial charge in [0.2, 0.25) is 29.5 Å². The van der Waals surface area contributed by atoms with E-state index in [1.165, 1.54) is 13.8 Å². The molecule has 9 saturated heterocycles. The van der Waals surface area contributed by atoms with Crippen LogP contribution in [0.4, 0.5) is 0 Å². The van der Waals surface area contributed by atoms with E-state index in [4.69, 9.17) is 85.3 Å². The van der Waals surface area contributed by atoms with Crippen LogP contribution in [0.15, 0.2) is 0 Å². The molecule has 0 aromatic carbocycles. The van der Waals surface area contributed by atoms with Crippen molar-refractivity contribution in [3.8, 4) is 0 Å². The number of carbonyl (C=O) groups is 7. The highest BCUT2D eigenvalue weighted by Gasteiger charge is 2.66. The highest BCUT2D eigenvalue weighted by atomic mass is 16.8. The molecular weight excluding hydrogens is 1860 g/mol. The van der Waals surface area contributed by atoms with E-state index in [0.717, 1.165) is 34.6 Å². The Labute approximate surface area is 770 Å². The number of aliphatic hydroxyl groups excluding tert-OH is 28. The molecule has 0 saturated carbocycles. The number of hydrogen-bond donors (Lipinski definition) is 35. The van der Waals surface area contributed by atoms with Gasteiger partial charge < -0.3 is 265 Å². The molecular formula is C76H127N5O55. The van der Waals surface area contributed by atoms with E-state index in [2.05, 4.69) is 26.6 Å². The summed E-state index contributed by atoms with van der Waals surface area (Å²) in [6, 6.07) is -9.84. The number of carbonyl (C=O) groups excluding carboxylic acids is 5. The van der Waals surface area contributed by atoms with Crippen LogP contribution in [0, 0.1) is 0 Å². The van der Waals surface area contributed by atoms with Crippen LogP contribution < -0.4 is 26.6 Å². The van der Waals surface area contributed by atoms with Gasteiger partial charge in [-0.2, -0.15) is 0 Å². The van der Waals surface area contributed by atoms with E-state index >= 15 is 0 Å². The Morgan fingerprint density at radius 3 is 1.02 bits per heavy atom. The maximum Gasteiger partial charge on any atom is 0.364 e. The van der Waals surface area contributed by atoms with Crippen LogP contribution in [-0.4, -0.2) is 566 Å². The number of ether oxygens (including phenoxy) is 18. The number of amides is 5. The SMILES string of the molecule is CC(=O)N[C@H]1[C@H](OC[C@@H](O)[C@H](O)[C@H](O[C@@H]2O[C@H](CO)[C@H](O)[C@H](O[C@@H]3O[C@H](CO)[C@@H](O[C@@H]4O[C@H](CO)[C@H](O)[C@H](O[C@]5(C(=O)O)C[C@H](O)[C@@H](NC(C)=O)[C@H]([C@H](O)[C@H](O)CO)O5)[C@H]4O)[C@H](O[C@@H]4O[C@@H](C)[C@@H](O)[C@@H](O)[C@@H]4O)[C@H]3NC(C)=O)[C@H]2O)[C@H](CO)NC(C)=O)O[C@H](CO)[C@@H](O[C@@H]2O[C@H](CO)[C@H](O)[C@H](O[C@]3(C(=O)O)C[C@H](O)[C@@H](NC(C)=O)[C@H]([C@H](O)[C@H](O)CO)O3)[C@H]2O)[C@@H]1O[C@@H]1O[C@@H](C)[C@@H](O)[C@@H](O)[C@@H]1O. The molecule has 0 spiro atoms. The summed E-state index contributed by atoms with van der Waals surface area (Å²) in [5.41, 5.74) is 0. The van der Waals surface area contributed by atoms with Crippen LogP contribution in [0.3, 0.4) is 0 Å². The Kier molecular flexibility index (Phi) is 41.2. The minimum absolute atomic E-state index is 0.846. The third kappa shape index (κ3) is 25.6. The van der Waals surface area contributed by atoms with Crippen molar-refractivity contribution < 1.29 is 272 Å². The molecule has 9 rings (SSSR count). The molecule has 9 fully saturated rings. The zero-order valence-electron chi connectivity index (χ0n) is 73.7. The summed E-state index contributed by atoms with van der Waals surface area (Å²) in [5, 5.41) is 348. The van der Waals surface area contributed by atoms with Crippen LogP contribution in [0.25, 0.3) is 0 Å². The second kappa shape index (κ2) is 49.2. The quantitative estimate of drug-likeness (QED) is 0.0270. The maximum atomic E-state index is 13.6. The third-order valence-corrected chi connectivity index (χ3v) is 24.4. The Morgan fingerprint density at radius 2 is 0.669 bits per heavy atom. The zero-order chi connectivity index (χ0) is 101. The molecule has 5 amide bonds. The summed E-state index contributed by atoms with van der Waals surface area (Å²) in [6.45, 7) is -4.88. The highest BCUT2D eigenvalue weighted by molar-refractivity contribution is 5.78. The minimum Gasteiger partial charge on any atom is -0.477 e. The molecule has 9 aliphatic heterocycles. The summed E-state index contributed by atoms with van der Waals surface area (Å²) in [6.07, 6.45) is -102. The molecule has 0 radical (unpaired) electrons. The standard InChI is InChI=1S/C76H127N5O55/c1-19-41(100)49(108)51(110)68(120-19)130-61-39(80-24(6)93)66(125-35(16-88)57(61)128-71-54(113)64(47(106)33(14-86)123-71)135-75(73(115)116)8-27(95)37(78-22(4)91)59(133-75)43(102)29(97)11-83)119-18-31(99)45(104)56(26(10-82)77-21(3)90)127-70-53(112)63(46(105)32(13-85)122-70)132-67-40(81-25(7)94)62(131-69-52(111)50(109)42(101)20(2)121-69)58(36(17-89)126-67)129-72-55(114)65(48(107)34(15-87)124-72)136-76(74(117)118)9-28(96)38(79-23(5)92)60(134-76)44(103)30(98)12-84/h19-20,26-72,82-89,95-114H,8-18H2,1-7H3,(H,77,90)(H,78,91)(H,79,92)(H,80,93)(H,81,94)(H,115,116)(H,117,118)/t19-,20-,26-,27-,28-,29+,30+,31+,32+,33+,34+,35+,36+,37+,38+,39+,40+,41+,42+,43+,44+,45-,46-,47-,48-,49+,50+,51-,52-,53+,54+,55+,56+,57+,58+,59+,60+,61+,62+,63-,64-,65-,66+,67-,68-,69-,70-,71-,72-,75-,76-/m0/s1. The first-order chi connectivity index (χ1) is 63.9. The van der Waals surface area contributed by atoms with Gasteiger partial charge in [0.1, 0.15) is 214 Å². The van der Waals surface area contributed by atoms with Gasteiger partial charge in [0.25, 0.3) is 11.6 Å². The lowest BCUT2D eigenvalue weighted by molar-refractivity contribution is -0.398. The number of aliphatic carboxylic acids is 2. The van der Waals surface area contributed by atoms with Crippen molar-refractivity contribution in [2.24, 2.45) is 0 Å². The molecule has 0 aromatic heterocycles. The number of aliphatic hydroxyl groups is 28. The molecule has 9 heterocycles. The van der Waals surface area contributed by atoms with Crippen molar-refractivity contribution in [1.82, 2.24) is 26.6 Å². The molecule has 60 nitrogen and oxygen atoms in total. The molecule has 0 unspecified atom stereocenters. The van der Waals surface area contributed by atoms with Crippen molar-refractivity contribution in [2.75, 3.05) is 59.5 Å². The smallest absolute Gasteiger partial charge is 0.364 e. The van der Waals surface area contributed by atoms with Gasteiger partial charge in [-0.25, -0.2) is 9.59 Å². The first kappa shape index (κ1) is 114. The number of hydrogen-bond acceptors (Lipinski definition) is 53. The molecule has 60 heteroatoms. The second-order valence-electron chi connectivity index (χ2n) is 34.3. The molecule has 136 heavy (non-hydrogen) atoms. The van der Waals surface area contributed by atoms with E-state index < -0.39 is 425 Å². The average Bonchev–Trinajstić information content (AvgIpc) is 0.748. The summed E-state index contributed by atoms with van der Waals surface area (Å²) in [5.74, 6) is -16.1. The number of carboxylic acids is 2. The first-order valence-corrected chi connectivity index (χ1v) is 43.0. The van der Waals surface area contributed by atoms with E-state index in [9.17, 15) is 187 Å². The van der Waals surface area contributed by atoms with Crippen LogP contribution in [0.1, 0.15) is 61.3 Å². The molecule has 51 atom stereocenters. The fraction of sp³-hybridized carbons (Fsp3) is 0.908. The van der Waals surface area contributed by atoms with E-state index in [-0.39, 0.29) is 0 Å². The van der Waals surface area contributed by atoms with Gasteiger partial charge in [-0.1, -0.05) is 0 Å². The molecule has 35 N–H and O–H groups in total. The minimum atomic E-state index is -3.37. The van der Waals surface area contributed by atoms with Gasteiger partial charge in [-0.15, -0.1) is 0 Å². The zero-order valence-corrected chi connectivity index (χ0v) is 73.7. The number of carboxylic acid groups (broad SMARTS) is 2. The molecule has 786 valence electrons. The van der Waals surface area contributed by atoms with Crippen LogP contribution >= 0.6 is 0 Å². The summed E-state index contributed by atoms with van der Waals surface area (Å²) in [7, 11) is 0. The topological polar surface area (TPSA) is 953 Å². The Balaban J connectivity index is 1.02. The Bertz CT molecular complexity index is 3830. The lowest BCUT2D eigenvalue weighted by Crippen LogP contribution is -2.72. The van der Waals surface area contributed by atoms with E-state index in [1.54, 1.807) is 0 Å². The average molecular weight is 1990 g/mol. The van der Waals surface area contributed by atoms with E-state index in [1.807, 2.05) is 0 Å². The lowest BCUT2D eigenvalue weighted by Gasteiger charge is -2.52. The predicted molar refractivity (Wildman–Crippen MR) is 421 cm³/mol. The van der Waals surface area contributed by atoms with Gasteiger partial charge in [0.15, 0.2) is 44.0 Å². The van der Waals surface area contributed by atoms with Gasteiger partial charge in [0.05, 0.1) is 102 Å². The van der Waals surface area contributed by atoms with Crippen molar-refractivity contribution in [2.45, 2.75) is 373 Å². The molecule has 9 aliphatic rings. The Hall–Kier alpha value is -5.55. The second-order valence-corrected chi connectivity index (χ2v) is 34.3. The molecule has 0 aromatic rings. The maximum absolute atomic E-state index is 13.6. The van der Waals surface area contributed by atoms with Gasteiger partial charge in [0, 0.05) is 47.5 Å². The van der Waals surface area contributed by atoms with Crippen molar-refractivity contribution in [3.05, 3.63) is 0 Å². The van der Waals surface area contributed by atoms with Crippen molar-refractivity contribution in [1.29, 1.82) is 0 Å². The fourth-order valence-electron chi connectivity index (χ4n) is 17.3. The lowest BCUT2D eigenvalue weighted by atomic mass is 9.88. The number of rotatable bonds is 41. The largest absolute Gasteiger partial charge is 0.477 e.